The number of furan rings is 1. The summed E-state index contributed by atoms with van der Waals surface area (Å²) in [6.45, 7) is 0. The Morgan fingerprint density at radius 1 is 0.459 bits per heavy atom. The van der Waals surface area contributed by atoms with Gasteiger partial charge in [0.2, 0.25) is 0 Å². The van der Waals surface area contributed by atoms with Crippen molar-refractivity contribution in [3.8, 4) is 22.3 Å². The minimum atomic E-state index is -0.777. The molecule has 0 aliphatic rings. The maximum absolute atomic E-state index is 9.24. The van der Waals surface area contributed by atoms with Gasteiger partial charge < -0.3 is 4.42 Å². The lowest BCUT2D eigenvalue weighted by Crippen LogP contribution is -1.91. The lowest BCUT2D eigenvalue weighted by atomic mass is 9.84. The SMILES string of the molecule is [2H]c1c([2H])c([2H])c2c(-c3c4c([2H])c([2H])c([2H])c([2H])c4c(-c4cc([2H])c5oc6ccccc6c5c4)c4c([2H])c([2H])c([2H])c([2H])c34)c([2H])c([2H])c([2H])c2c1[2H]. The van der Waals surface area contributed by atoms with E-state index < -0.39 is 113 Å². The fraction of sp³-hybridized carbons (Fsp3) is 0. The predicted octanol–water partition coefficient (Wildman–Crippen LogP) is 10.4. The van der Waals surface area contributed by atoms with E-state index in [1.807, 2.05) is 0 Å². The molecule has 1 heteroatoms. The van der Waals surface area contributed by atoms with E-state index in [-0.39, 0.29) is 44.3 Å². The highest BCUT2D eigenvalue weighted by atomic mass is 16.3. The molecule has 8 aromatic rings. The van der Waals surface area contributed by atoms with E-state index in [4.69, 9.17) is 20.9 Å². The van der Waals surface area contributed by atoms with Gasteiger partial charge in [0.25, 0.3) is 0 Å². The third kappa shape index (κ3) is 2.98. The van der Waals surface area contributed by atoms with Gasteiger partial charge in [-0.3, -0.25) is 0 Å². The Morgan fingerprint density at radius 2 is 1.08 bits per heavy atom. The molecule has 37 heavy (non-hydrogen) atoms. The van der Waals surface area contributed by atoms with Gasteiger partial charge in [-0.1, -0.05) is 115 Å². The van der Waals surface area contributed by atoms with Crippen LogP contribution in [0.4, 0.5) is 0 Å². The van der Waals surface area contributed by atoms with Crippen LogP contribution in [0, 0.1) is 0 Å². The number of hydrogen-bond acceptors (Lipinski definition) is 1. The molecule has 7 aromatic carbocycles. The first-order valence-electron chi connectivity index (χ1n) is 19.4. The summed E-state index contributed by atoms with van der Waals surface area (Å²) in [6, 6.07) is -0.816. The van der Waals surface area contributed by atoms with E-state index in [2.05, 4.69) is 0 Å². The molecule has 1 nitrogen and oxygen atoms in total. The molecular weight excluding hydrogens is 448 g/mol. The van der Waals surface area contributed by atoms with Crippen LogP contribution in [0.2, 0.25) is 0 Å². The summed E-state index contributed by atoms with van der Waals surface area (Å²) in [5.74, 6) is 0. The highest BCUT2D eigenvalue weighted by molar-refractivity contribution is 6.24. The van der Waals surface area contributed by atoms with Crippen molar-refractivity contribution in [2.75, 3.05) is 0 Å². The Kier molecular flexibility index (Phi) is 2.16. The minimum Gasteiger partial charge on any atom is -0.456 e. The number of fused-ring (bicyclic) bond motifs is 6. The van der Waals surface area contributed by atoms with E-state index >= 15 is 0 Å². The number of benzene rings is 7. The van der Waals surface area contributed by atoms with E-state index in [0.717, 1.165) is 0 Å². The molecule has 0 aliphatic heterocycles. The van der Waals surface area contributed by atoms with Crippen LogP contribution in [0.5, 0.6) is 0 Å². The van der Waals surface area contributed by atoms with Crippen LogP contribution in [-0.4, -0.2) is 0 Å². The molecule has 1 heterocycles. The van der Waals surface area contributed by atoms with Crippen LogP contribution in [0.25, 0.3) is 76.5 Å². The van der Waals surface area contributed by atoms with Crippen molar-refractivity contribution in [1.82, 2.24) is 0 Å². The molecule has 0 atom stereocenters. The van der Waals surface area contributed by atoms with E-state index in [9.17, 15) is 5.48 Å². The Labute approximate surface area is 236 Å². The topological polar surface area (TPSA) is 13.1 Å². The molecule has 0 amide bonds. The van der Waals surface area contributed by atoms with Crippen molar-refractivity contribution in [3.05, 3.63) is 133 Å². The zero-order valence-electron chi connectivity index (χ0n) is 34.9. The first-order valence-corrected chi connectivity index (χ1v) is 11.4. The zero-order chi connectivity index (χ0) is 38.3. The van der Waals surface area contributed by atoms with Gasteiger partial charge in [-0.2, -0.15) is 0 Å². The summed E-state index contributed by atoms with van der Waals surface area (Å²) in [5, 5.41) is -1.04. The van der Waals surface area contributed by atoms with Gasteiger partial charge >= 0.3 is 0 Å². The number of para-hydroxylation sites is 1. The van der Waals surface area contributed by atoms with Crippen molar-refractivity contribution in [2.45, 2.75) is 0 Å². The van der Waals surface area contributed by atoms with Crippen LogP contribution in [0.15, 0.2) is 137 Å². The molecule has 0 N–H and O–H groups in total. The van der Waals surface area contributed by atoms with Gasteiger partial charge in [0.15, 0.2) is 0 Å². The van der Waals surface area contributed by atoms with Crippen LogP contribution >= 0.6 is 0 Å². The van der Waals surface area contributed by atoms with Crippen LogP contribution in [0.1, 0.15) is 21.9 Å². The Morgan fingerprint density at radius 3 is 1.84 bits per heavy atom. The molecular formula is C36H22O. The number of rotatable bonds is 2. The van der Waals surface area contributed by atoms with Crippen LogP contribution < -0.4 is 0 Å². The summed E-state index contributed by atoms with van der Waals surface area (Å²) in [6.07, 6.45) is 0. The fourth-order valence-electron chi connectivity index (χ4n) is 4.96. The van der Waals surface area contributed by atoms with E-state index in [1.165, 1.54) is 6.07 Å². The van der Waals surface area contributed by atoms with Gasteiger partial charge in [0.1, 0.15) is 11.2 Å². The normalized spacial score (nSPS) is 17.8. The molecule has 0 unspecified atom stereocenters. The minimum absolute atomic E-state index is 0.0839. The summed E-state index contributed by atoms with van der Waals surface area (Å²) >= 11 is 0. The third-order valence-corrected chi connectivity index (χ3v) is 6.52. The van der Waals surface area contributed by atoms with Gasteiger partial charge in [-0.15, -0.1) is 0 Å². The van der Waals surface area contributed by atoms with Gasteiger partial charge in [0, 0.05) is 10.8 Å². The molecule has 0 aliphatic carbocycles. The molecule has 0 saturated carbocycles. The molecule has 0 radical (unpaired) electrons. The summed E-state index contributed by atoms with van der Waals surface area (Å²) < 4.78 is 147. The smallest absolute Gasteiger partial charge is 0.135 e. The maximum Gasteiger partial charge on any atom is 0.135 e. The molecule has 1 aromatic heterocycles. The second-order valence-electron chi connectivity index (χ2n) is 8.48. The maximum atomic E-state index is 9.24. The van der Waals surface area contributed by atoms with Crippen molar-refractivity contribution in [3.63, 3.8) is 0 Å². The lowest BCUT2D eigenvalue weighted by molar-refractivity contribution is 0.669. The highest BCUT2D eigenvalue weighted by Crippen LogP contribution is 2.45. The summed E-state index contributed by atoms with van der Waals surface area (Å²) in [5.41, 5.74) is -0.132. The largest absolute Gasteiger partial charge is 0.456 e. The van der Waals surface area contributed by atoms with Crippen molar-refractivity contribution >= 4 is 54.3 Å². The van der Waals surface area contributed by atoms with Crippen molar-refractivity contribution in [1.29, 1.82) is 0 Å². The average Bonchev–Trinajstić information content (AvgIpc) is 3.53. The molecule has 0 fully saturated rings. The van der Waals surface area contributed by atoms with Crippen LogP contribution in [0.3, 0.4) is 0 Å². The standard InChI is InChI=1S/C36H22O/c1-2-12-25-23(10-1)11-9-18-27(25)36-30-16-5-3-14-28(30)35(29-15-4-6-17-31(29)36)24-20-21-34-32(22-24)26-13-7-8-19-33(26)37-34/h1-22H/i1D,2D,3D,4D,5D,6D,9D,10D,11D,12D,14D,15D,16D,17D,18D,21D. The molecule has 0 spiro atoms. The Hall–Kier alpha value is -4.88. The zero-order valence-corrected chi connectivity index (χ0v) is 18.9. The average molecular weight is 487 g/mol. The van der Waals surface area contributed by atoms with Gasteiger partial charge in [0.05, 0.1) is 21.9 Å². The molecule has 0 saturated heterocycles. The van der Waals surface area contributed by atoms with E-state index in [1.54, 1.807) is 30.3 Å². The second-order valence-corrected chi connectivity index (χ2v) is 8.48. The van der Waals surface area contributed by atoms with E-state index in [0.29, 0.717) is 16.4 Å². The fourth-order valence-corrected chi connectivity index (χ4v) is 4.96. The first kappa shape index (κ1) is 10.2. The molecule has 8 rings (SSSR count). The Balaban J connectivity index is 1.76. The second kappa shape index (κ2) is 7.81. The number of hydrogen-bond donors (Lipinski definition) is 0. The monoisotopic (exact) mass is 486 g/mol. The molecule has 0 bridgehead atoms. The lowest BCUT2D eigenvalue weighted by Gasteiger charge is -2.18. The highest BCUT2D eigenvalue weighted by Gasteiger charge is 2.18. The van der Waals surface area contributed by atoms with Gasteiger partial charge in [-0.25, -0.2) is 0 Å². The Bertz CT molecular complexity index is 2930. The summed E-state index contributed by atoms with van der Waals surface area (Å²) in [7, 11) is 0. The quantitative estimate of drug-likeness (QED) is 0.221. The summed E-state index contributed by atoms with van der Waals surface area (Å²) in [4.78, 5) is 0. The van der Waals surface area contributed by atoms with Crippen LogP contribution in [-0.2, 0) is 0 Å². The van der Waals surface area contributed by atoms with Gasteiger partial charge in [-0.05, 0) is 72.7 Å². The first-order chi connectivity index (χ1) is 25.0. The van der Waals surface area contributed by atoms with Crippen molar-refractivity contribution in [2.24, 2.45) is 0 Å². The molecule has 172 valence electrons. The van der Waals surface area contributed by atoms with Crippen molar-refractivity contribution < 1.29 is 26.3 Å². The third-order valence-electron chi connectivity index (χ3n) is 6.52. The predicted molar refractivity (Wildman–Crippen MR) is 157 cm³/mol.